The Hall–Kier alpha value is -5.06. The zero-order valence-electron chi connectivity index (χ0n) is 21.3. The Balaban J connectivity index is 1.47. The van der Waals surface area contributed by atoms with Crippen LogP contribution in [-0.4, -0.2) is 14.5 Å². The van der Waals surface area contributed by atoms with Crippen LogP contribution < -0.4 is 0 Å². The Morgan fingerprint density at radius 2 is 1.00 bits per heavy atom. The van der Waals surface area contributed by atoms with Crippen LogP contribution in [0.3, 0.4) is 0 Å². The van der Waals surface area contributed by atoms with Crippen molar-refractivity contribution in [3.8, 4) is 5.69 Å². The summed E-state index contributed by atoms with van der Waals surface area (Å²) in [6, 6.07) is 42.0. The summed E-state index contributed by atoms with van der Waals surface area (Å²) >= 11 is 1.88. The van der Waals surface area contributed by atoms with Crippen LogP contribution in [0, 0.1) is 0 Å². The first-order valence-corrected chi connectivity index (χ1v) is 14.4. The van der Waals surface area contributed by atoms with Crippen molar-refractivity contribution in [2.75, 3.05) is 0 Å². The summed E-state index contributed by atoms with van der Waals surface area (Å²) in [5, 5.41) is 10.2. The minimum atomic E-state index is 1.17. The summed E-state index contributed by atoms with van der Waals surface area (Å²) in [5.41, 5.74) is 8.37. The number of nitrogens with one attached hydrogen (secondary N) is 2. The Kier molecular flexibility index (Phi) is 3.81. The largest absolute Gasteiger partial charge is 0.354 e. The third kappa shape index (κ3) is 2.50. The summed E-state index contributed by atoms with van der Waals surface area (Å²) in [5.74, 6) is 0. The van der Waals surface area contributed by atoms with E-state index < -0.39 is 0 Å². The lowest BCUT2D eigenvalue weighted by Gasteiger charge is -2.09. The van der Waals surface area contributed by atoms with Gasteiger partial charge < -0.3 is 14.5 Å². The van der Waals surface area contributed by atoms with Crippen LogP contribution in [0.4, 0.5) is 0 Å². The average Bonchev–Trinajstić information content (AvgIpc) is 3.75. The third-order valence-electron chi connectivity index (χ3n) is 8.68. The molecule has 0 atom stereocenters. The standard InChI is InChI=1S/C36H21N3S/c1-4-12-26-20(8-1)23-16-18-28-32(34(23)37-26)33-29(19-17-24-21-9-2-5-13-27(21)38-35(24)33)39(28)30-14-7-11-25-22-10-3-6-15-31(22)40-36(25)30/h1-19,37-38H. The van der Waals surface area contributed by atoms with Crippen LogP contribution in [0.2, 0.25) is 0 Å². The molecule has 0 fully saturated rings. The number of nitrogens with zero attached hydrogens (tertiary/aromatic N) is 1. The fourth-order valence-corrected chi connectivity index (χ4v) is 8.20. The molecule has 0 spiro atoms. The number of hydrogen-bond donors (Lipinski definition) is 2. The molecule has 0 aliphatic heterocycles. The molecule has 0 saturated heterocycles. The molecule has 0 radical (unpaired) electrons. The van der Waals surface area contributed by atoms with Crippen molar-refractivity contribution >= 4 is 96.9 Å². The van der Waals surface area contributed by atoms with Gasteiger partial charge in [0.2, 0.25) is 0 Å². The Morgan fingerprint density at radius 1 is 0.450 bits per heavy atom. The van der Waals surface area contributed by atoms with Gasteiger partial charge in [-0.1, -0.05) is 78.9 Å². The molecule has 4 heteroatoms. The number of rotatable bonds is 1. The molecule has 0 amide bonds. The van der Waals surface area contributed by atoms with Crippen LogP contribution >= 0.6 is 11.3 Å². The van der Waals surface area contributed by atoms with E-state index in [4.69, 9.17) is 0 Å². The number of para-hydroxylation sites is 2. The van der Waals surface area contributed by atoms with E-state index >= 15 is 0 Å². The van der Waals surface area contributed by atoms with Crippen molar-refractivity contribution in [2.24, 2.45) is 0 Å². The fraction of sp³-hybridized carbons (Fsp3) is 0. The maximum Gasteiger partial charge on any atom is 0.0640 e. The van der Waals surface area contributed by atoms with Gasteiger partial charge >= 0.3 is 0 Å². The maximum atomic E-state index is 3.81. The first-order chi connectivity index (χ1) is 19.8. The first kappa shape index (κ1) is 20.8. The molecule has 0 aliphatic carbocycles. The highest BCUT2D eigenvalue weighted by molar-refractivity contribution is 7.26. The van der Waals surface area contributed by atoms with Gasteiger partial charge in [-0.05, 0) is 36.4 Å². The van der Waals surface area contributed by atoms with Crippen molar-refractivity contribution in [1.29, 1.82) is 0 Å². The van der Waals surface area contributed by atoms with E-state index in [9.17, 15) is 0 Å². The van der Waals surface area contributed by atoms with Gasteiger partial charge in [-0.3, -0.25) is 0 Å². The lowest BCUT2D eigenvalue weighted by Crippen LogP contribution is -1.93. The summed E-state index contributed by atoms with van der Waals surface area (Å²) in [6.07, 6.45) is 0. The molecule has 0 bridgehead atoms. The number of fused-ring (bicyclic) bond motifs is 14. The van der Waals surface area contributed by atoms with Crippen LogP contribution in [0.1, 0.15) is 0 Å². The SMILES string of the molecule is c1ccc2c(c1)[nH]c1c2ccc2c1c1c3[nH]c4ccccc4c3ccc1n2-c1cccc2c1sc1ccccc12. The van der Waals surface area contributed by atoms with E-state index in [1.165, 1.54) is 91.3 Å². The first-order valence-electron chi connectivity index (χ1n) is 13.6. The molecule has 6 aromatic carbocycles. The predicted octanol–water partition coefficient (Wildman–Crippen LogP) is 10.4. The molecule has 10 aromatic rings. The van der Waals surface area contributed by atoms with Crippen molar-refractivity contribution in [3.63, 3.8) is 0 Å². The molecule has 3 nitrogen and oxygen atoms in total. The van der Waals surface area contributed by atoms with E-state index in [-0.39, 0.29) is 0 Å². The summed E-state index contributed by atoms with van der Waals surface area (Å²) in [4.78, 5) is 7.62. The van der Waals surface area contributed by atoms with Gasteiger partial charge in [0.05, 0.1) is 32.5 Å². The highest BCUT2D eigenvalue weighted by atomic mass is 32.1. The predicted molar refractivity (Wildman–Crippen MR) is 172 cm³/mol. The zero-order valence-corrected chi connectivity index (χ0v) is 22.1. The number of hydrogen-bond acceptors (Lipinski definition) is 1. The van der Waals surface area contributed by atoms with Gasteiger partial charge in [0, 0.05) is 58.8 Å². The van der Waals surface area contributed by atoms with Gasteiger partial charge in [-0.25, -0.2) is 0 Å². The zero-order chi connectivity index (χ0) is 25.9. The maximum absolute atomic E-state index is 3.81. The van der Waals surface area contributed by atoms with Gasteiger partial charge in [0.25, 0.3) is 0 Å². The third-order valence-corrected chi connectivity index (χ3v) is 9.89. The van der Waals surface area contributed by atoms with Crippen LogP contribution in [0.5, 0.6) is 0 Å². The second-order valence-corrected chi connectivity index (χ2v) is 11.7. The van der Waals surface area contributed by atoms with Gasteiger partial charge in [0.1, 0.15) is 0 Å². The number of aromatic nitrogens is 3. The lowest BCUT2D eigenvalue weighted by molar-refractivity contribution is 1.20. The molecule has 0 aliphatic rings. The average molecular weight is 528 g/mol. The Labute approximate surface area is 231 Å². The van der Waals surface area contributed by atoms with Gasteiger partial charge in [0.15, 0.2) is 0 Å². The summed E-state index contributed by atoms with van der Waals surface area (Å²) in [6.45, 7) is 0. The molecule has 4 heterocycles. The van der Waals surface area contributed by atoms with E-state index in [0.29, 0.717) is 0 Å². The van der Waals surface area contributed by atoms with Crippen molar-refractivity contribution in [2.45, 2.75) is 0 Å². The fourth-order valence-electron chi connectivity index (χ4n) is 6.99. The lowest BCUT2D eigenvalue weighted by atomic mass is 10.1. The minimum absolute atomic E-state index is 1.17. The van der Waals surface area contributed by atoms with Gasteiger partial charge in [-0.15, -0.1) is 11.3 Å². The quantitative estimate of drug-likeness (QED) is 0.213. The van der Waals surface area contributed by atoms with E-state index in [1.54, 1.807) is 0 Å². The van der Waals surface area contributed by atoms with Crippen molar-refractivity contribution in [1.82, 2.24) is 14.5 Å². The second-order valence-electron chi connectivity index (χ2n) is 10.7. The highest BCUT2D eigenvalue weighted by Gasteiger charge is 2.22. The van der Waals surface area contributed by atoms with Crippen LogP contribution in [0.15, 0.2) is 115 Å². The number of benzene rings is 6. The van der Waals surface area contributed by atoms with E-state index in [2.05, 4.69) is 130 Å². The van der Waals surface area contributed by atoms with Crippen molar-refractivity contribution in [3.05, 3.63) is 115 Å². The normalized spacial score (nSPS) is 12.5. The molecule has 0 unspecified atom stereocenters. The van der Waals surface area contributed by atoms with Crippen LogP contribution in [0.25, 0.3) is 91.3 Å². The smallest absolute Gasteiger partial charge is 0.0640 e. The van der Waals surface area contributed by atoms with E-state index in [1.807, 2.05) is 11.3 Å². The number of aromatic amines is 2. The monoisotopic (exact) mass is 527 g/mol. The number of thiophene rings is 1. The van der Waals surface area contributed by atoms with Crippen molar-refractivity contribution < 1.29 is 0 Å². The van der Waals surface area contributed by atoms with Gasteiger partial charge in [-0.2, -0.15) is 0 Å². The highest BCUT2D eigenvalue weighted by Crippen LogP contribution is 2.45. The number of H-pyrrole nitrogens is 2. The second kappa shape index (κ2) is 7.32. The molecule has 0 saturated carbocycles. The minimum Gasteiger partial charge on any atom is -0.354 e. The molecule has 10 rings (SSSR count). The molecule has 2 N–H and O–H groups in total. The van der Waals surface area contributed by atoms with E-state index in [0.717, 1.165) is 0 Å². The Bertz CT molecular complexity index is 2530. The summed E-state index contributed by atoms with van der Waals surface area (Å²) in [7, 11) is 0. The Morgan fingerprint density at radius 3 is 1.65 bits per heavy atom. The summed E-state index contributed by atoms with van der Waals surface area (Å²) < 4.78 is 5.12. The topological polar surface area (TPSA) is 36.5 Å². The molecule has 4 aromatic heterocycles. The molecule has 40 heavy (non-hydrogen) atoms. The molecular weight excluding hydrogens is 506 g/mol. The van der Waals surface area contributed by atoms with Crippen LogP contribution in [-0.2, 0) is 0 Å². The molecule has 186 valence electrons. The molecular formula is C36H21N3S.